The minimum Gasteiger partial charge on any atom is -0.352 e. The SMILES string of the molecule is Cc1ccc(CNC(=O)Cc2n[nH]c(=S)n2Cc2ccccc2)cc1. The number of rotatable bonds is 6. The number of aromatic amines is 1. The van der Waals surface area contributed by atoms with Gasteiger partial charge < -0.3 is 5.32 Å². The fourth-order valence-electron chi connectivity index (χ4n) is 2.53. The van der Waals surface area contributed by atoms with Crippen molar-refractivity contribution in [2.45, 2.75) is 26.4 Å². The van der Waals surface area contributed by atoms with Gasteiger partial charge in [0.1, 0.15) is 5.82 Å². The molecule has 0 aliphatic rings. The summed E-state index contributed by atoms with van der Waals surface area (Å²) in [6, 6.07) is 18.1. The molecule has 1 aromatic heterocycles. The van der Waals surface area contributed by atoms with Gasteiger partial charge in [-0.1, -0.05) is 60.2 Å². The highest BCUT2D eigenvalue weighted by molar-refractivity contribution is 7.71. The molecule has 0 fully saturated rings. The highest BCUT2D eigenvalue weighted by Gasteiger charge is 2.11. The third-order valence-corrected chi connectivity index (χ3v) is 4.26. The predicted molar refractivity (Wildman–Crippen MR) is 99.7 cm³/mol. The summed E-state index contributed by atoms with van der Waals surface area (Å²) in [5.74, 6) is 0.555. The molecule has 0 atom stereocenters. The van der Waals surface area contributed by atoms with Crippen LogP contribution in [0.5, 0.6) is 0 Å². The number of aromatic nitrogens is 3. The molecule has 0 aliphatic carbocycles. The van der Waals surface area contributed by atoms with E-state index in [0.717, 1.165) is 11.1 Å². The van der Waals surface area contributed by atoms with E-state index in [0.29, 0.717) is 23.7 Å². The van der Waals surface area contributed by atoms with Crippen LogP contribution in [0.1, 0.15) is 22.5 Å². The minimum absolute atomic E-state index is 0.0797. The average Bonchev–Trinajstić information content (AvgIpc) is 2.95. The number of benzene rings is 2. The fourth-order valence-corrected chi connectivity index (χ4v) is 2.74. The van der Waals surface area contributed by atoms with E-state index in [-0.39, 0.29) is 12.3 Å². The Morgan fingerprint density at radius 2 is 1.84 bits per heavy atom. The fraction of sp³-hybridized carbons (Fsp3) is 0.211. The molecule has 5 nitrogen and oxygen atoms in total. The summed E-state index contributed by atoms with van der Waals surface area (Å²) < 4.78 is 2.38. The van der Waals surface area contributed by atoms with Gasteiger partial charge in [0.15, 0.2) is 4.77 Å². The third-order valence-electron chi connectivity index (χ3n) is 3.95. The van der Waals surface area contributed by atoms with Gasteiger partial charge >= 0.3 is 0 Å². The van der Waals surface area contributed by atoms with Gasteiger partial charge in [0.25, 0.3) is 0 Å². The lowest BCUT2D eigenvalue weighted by atomic mass is 10.1. The highest BCUT2D eigenvalue weighted by atomic mass is 32.1. The first-order chi connectivity index (χ1) is 12.1. The number of hydrogen-bond donors (Lipinski definition) is 2. The molecule has 0 saturated heterocycles. The van der Waals surface area contributed by atoms with Crippen LogP contribution in [0.2, 0.25) is 0 Å². The number of aryl methyl sites for hydroxylation is 1. The van der Waals surface area contributed by atoms with Crippen molar-refractivity contribution in [3.63, 3.8) is 0 Å². The Hall–Kier alpha value is -2.73. The van der Waals surface area contributed by atoms with E-state index in [1.807, 2.05) is 66.1 Å². The molecule has 3 rings (SSSR count). The van der Waals surface area contributed by atoms with Crippen molar-refractivity contribution in [2.75, 3.05) is 0 Å². The number of nitrogens with zero attached hydrogens (tertiary/aromatic N) is 2. The Morgan fingerprint density at radius 1 is 1.12 bits per heavy atom. The number of H-pyrrole nitrogens is 1. The van der Waals surface area contributed by atoms with Gasteiger partial charge in [-0.25, -0.2) is 0 Å². The van der Waals surface area contributed by atoms with Crippen LogP contribution in [0.3, 0.4) is 0 Å². The van der Waals surface area contributed by atoms with Crippen LogP contribution in [-0.2, 0) is 24.3 Å². The molecule has 128 valence electrons. The molecule has 0 unspecified atom stereocenters. The molecule has 0 spiro atoms. The van der Waals surface area contributed by atoms with E-state index in [4.69, 9.17) is 12.2 Å². The Balaban J connectivity index is 1.63. The van der Waals surface area contributed by atoms with Gasteiger partial charge in [-0.05, 0) is 30.3 Å². The zero-order chi connectivity index (χ0) is 17.6. The summed E-state index contributed by atoms with van der Waals surface area (Å²) >= 11 is 5.29. The Morgan fingerprint density at radius 3 is 2.56 bits per heavy atom. The van der Waals surface area contributed by atoms with Gasteiger partial charge in [0.05, 0.1) is 13.0 Å². The molecule has 6 heteroatoms. The molecule has 3 aromatic rings. The predicted octanol–water partition coefficient (Wildman–Crippen LogP) is 3.16. The van der Waals surface area contributed by atoms with Gasteiger partial charge in [-0.15, -0.1) is 0 Å². The number of hydrogen-bond acceptors (Lipinski definition) is 3. The number of nitrogens with one attached hydrogen (secondary N) is 2. The van der Waals surface area contributed by atoms with Crippen LogP contribution >= 0.6 is 12.2 Å². The second kappa shape index (κ2) is 7.90. The lowest BCUT2D eigenvalue weighted by Crippen LogP contribution is -2.26. The molecule has 1 heterocycles. The molecule has 25 heavy (non-hydrogen) atoms. The Labute approximate surface area is 151 Å². The second-order valence-electron chi connectivity index (χ2n) is 5.96. The van der Waals surface area contributed by atoms with E-state index in [1.165, 1.54) is 5.56 Å². The molecule has 0 saturated carbocycles. The minimum atomic E-state index is -0.0797. The number of carbonyl (C=O) groups excluding carboxylic acids is 1. The quantitative estimate of drug-likeness (QED) is 0.670. The molecule has 0 bridgehead atoms. The maximum absolute atomic E-state index is 12.3. The monoisotopic (exact) mass is 352 g/mol. The Bertz CT molecular complexity index is 897. The maximum atomic E-state index is 12.3. The van der Waals surface area contributed by atoms with Crippen molar-refractivity contribution >= 4 is 18.1 Å². The van der Waals surface area contributed by atoms with E-state index >= 15 is 0 Å². The van der Waals surface area contributed by atoms with E-state index in [2.05, 4.69) is 15.5 Å². The Kier molecular flexibility index (Phi) is 5.40. The normalized spacial score (nSPS) is 10.6. The summed E-state index contributed by atoms with van der Waals surface area (Å²) in [4.78, 5) is 12.3. The summed E-state index contributed by atoms with van der Waals surface area (Å²) in [5.41, 5.74) is 3.38. The van der Waals surface area contributed by atoms with E-state index in [1.54, 1.807) is 0 Å². The zero-order valence-electron chi connectivity index (χ0n) is 14.0. The summed E-state index contributed by atoms with van der Waals surface area (Å²) in [6.07, 6.45) is 0.186. The molecule has 0 radical (unpaired) electrons. The largest absolute Gasteiger partial charge is 0.352 e. The van der Waals surface area contributed by atoms with Crippen molar-refractivity contribution in [1.29, 1.82) is 0 Å². The average molecular weight is 352 g/mol. The smallest absolute Gasteiger partial charge is 0.227 e. The molecular formula is C19H20N4OS. The summed E-state index contributed by atoms with van der Waals surface area (Å²) in [6.45, 7) is 3.14. The van der Waals surface area contributed by atoms with E-state index < -0.39 is 0 Å². The molecule has 2 aromatic carbocycles. The van der Waals surface area contributed by atoms with Gasteiger partial charge in [-0.3, -0.25) is 14.5 Å². The van der Waals surface area contributed by atoms with Crippen LogP contribution in [-0.4, -0.2) is 20.7 Å². The van der Waals surface area contributed by atoms with Crippen molar-refractivity contribution in [3.8, 4) is 0 Å². The number of carbonyl (C=O) groups is 1. The van der Waals surface area contributed by atoms with Gasteiger partial charge in [0.2, 0.25) is 5.91 Å². The van der Waals surface area contributed by atoms with Gasteiger partial charge in [-0.2, -0.15) is 5.10 Å². The lowest BCUT2D eigenvalue weighted by molar-refractivity contribution is -0.120. The molecule has 2 N–H and O–H groups in total. The first-order valence-corrected chi connectivity index (χ1v) is 8.53. The third kappa shape index (κ3) is 4.64. The summed E-state index contributed by atoms with van der Waals surface area (Å²) in [7, 11) is 0. The summed E-state index contributed by atoms with van der Waals surface area (Å²) in [5, 5.41) is 9.91. The van der Waals surface area contributed by atoms with Gasteiger partial charge in [0, 0.05) is 6.54 Å². The molecular weight excluding hydrogens is 332 g/mol. The van der Waals surface area contributed by atoms with Crippen LogP contribution in [0.15, 0.2) is 54.6 Å². The molecule has 0 aliphatic heterocycles. The standard InChI is InChI=1S/C19H20N4OS/c1-14-7-9-15(10-8-14)12-20-18(24)11-17-21-22-19(25)23(17)13-16-5-3-2-4-6-16/h2-10H,11-13H2,1H3,(H,20,24)(H,22,25). The van der Waals surface area contributed by atoms with Crippen molar-refractivity contribution in [3.05, 3.63) is 81.9 Å². The second-order valence-corrected chi connectivity index (χ2v) is 6.34. The van der Waals surface area contributed by atoms with Crippen molar-refractivity contribution < 1.29 is 4.79 Å². The van der Waals surface area contributed by atoms with Crippen LogP contribution < -0.4 is 5.32 Å². The zero-order valence-corrected chi connectivity index (χ0v) is 14.8. The maximum Gasteiger partial charge on any atom is 0.227 e. The van der Waals surface area contributed by atoms with Crippen LogP contribution in [0.4, 0.5) is 0 Å². The topological polar surface area (TPSA) is 62.7 Å². The first-order valence-electron chi connectivity index (χ1n) is 8.12. The van der Waals surface area contributed by atoms with Crippen LogP contribution in [0, 0.1) is 11.7 Å². The first kappa shape index (κ1) is 17.1. The lowest BCUT2D eigenvalue weighted by Gasteiger charge is -2.08. The number of amides is 1. The van der Waals surface area contributed by atoms with Crippen LogP contribution in [0.25, 0.3) is 0 Å². The van der Waals surface area contributed by atoms with E-state index in [9.17, 15) is 4.79 Å². The highest BCUT2D eigenvalue weighted by Crippen LogP contribution is 2.07. The van der Waals surface area contributed by atoms with Crippen molar-refractivity contribution in [2.24, 2.45) is 0 Å². The van der Waals surface area contributed by atoms with Crippen molar-refractivity contribution in [1.82, 2.24) is 20.1 Å². The molecule has 1 amide bonds.